The molecule has 1 atom stereocenters. The van der Waals surface area contributed by atoms with E-state index in [1.807, 2.05) is 31.2 Å². The maximum atomic E-state index is 13.6. The summed E-state index contributed by atoms with van der Waals surface area (Å²) in [6, 6.07) is 11.5. The Hall–Kier alpha value is -3.85. The highest BCUT2D eigenvalue weighted by Gasteiger charge is 2.33. The number of nitrogens with zero attached hydrogens (tertiary/aromatic N) is 2. The van der Waals surface area contributed by atoms with Crippen molar-refractivity contribution in [2.45, 2.75) is 26.8 Å². The number of aromatic nitrogens is 1. The molecule has 35 heavy (non-hydrogen) atoms. The van der Waals surface area contributed by atoms with Crippen LogP contribution in [0.15, 0.2) is 63.5 Å². The Morgan fingerprint density at radius 1 is 1.17 bits per heavy atom. The summed E-state index contributed by atoms with van der Waals surface area (Å²) in [5.74, 6) is 0.504. The monoisotopic (exact) mass is 494 g/mol. The first-order chi connectivity index (χ1) is 16.9. The maximum Gasteiger partial charge on any atom is 0.338 e. The predicted molar refractivity (Wildman–Crippen MR) is 133 cm³/mol. The van der Waals surface area contributed by atoms with Gasteiger partial charge in [-0.3, -0.25) is 9.36 Å². The zero-order chi connectivity index (χ0) is 25.1. The van der Waals surface area contributed by atoms with Crippen LogP contribution < -0.4 is 24.4 Å². The Morgan fingerprint density at radius 3 is 2.57 bits per heavy atom. The second kappa shape index (κ2) is 10.2. The second-order valence-electron chi connectivity index (χ2n) is 7.74. The summed E-state index contributed by atoms with van der Waals surface area (Å²) in [5.41, 5.74) is 1.96. The Morgan fingerprint density at radius 2 is 1.91 bits per heavy atom. The number of hydrogen-bond acceptors (Lipinski definition) is 8. The summed E-state index contributed by atoms with van der Waals surface area (Å²) >= 11 is 1.23. The molecule has 0 spiro atoms. The molecule has 1 N–H and O–H groups in total. The van der Waals surface area contributed by atoms with Gasteiger partial charge in [-0.05, 0) is 62.2 Å². The van der Waals surface area contributed by atoms with Crippen molar-refractivity contribution in [3.05, 3.63) is 84.5 Å². The number of aromatic hydroxyl groups is 1. The summed E-state index contributed by atoms with van der Waals surface area (Å²) in [6.07, 6.45) is 1.71. The SMILES string of the molecule is CCOC(=O)C1=C(C)N=c2sc(=Cc3ccc(O)c(OC)c3)c(=O)n2[C@H]1c1ccc(OCC)cc1. The van der Waals surface area contributed by atoms with E-state index in [1.54, 1.807) is 32.1 Å². The molecule has 3 aromatic rings. The molecule has 1 aliphatic heterocycles. The van der Waals surface area contributed by atoms with Crippen LogP contribution in [0.5, 0.6) is 17.2 Å². The van der Waals surface area contributed by atoms with Gasteiger partial charge in [-0.25, -0.2) is 9.79 Å². The van der Waals surface area contributed by atoms with Crippen molar-refractivity contribution in [3.8, 4) is 17.2 Å². The third-order valence-electron chi connectivity index (χ3n) is 5.53. The van der Waals surface area contributed by atoms with E-state index in [0.717, 1.165) is 5.56 Å². The van der Waals surface area contributed by atoms with Crippen LogP contribution in [0.25, 0.3) is 6.08 Å². The van der Waals surface area contributed by atoms with E-state index in [4.69, 9.17) is 14.2 Å². The number of phenolic OH excluding ortho intramolecular Hbond substituents is 1. The molecule has 8 nitrogen and oxygen atoms in total. The fraction of sp³-hybridized carbons (Fsp3) is 0.269. The van der Waals surface area contributed by atoms with Gasteiger partial charge in [0.25, 0.3) is 5.56 Å². The first-order valence-corrected chi connectivity index (χ1v) is 12.0. The first kappa shape index (κ1) is 24.3. The maximum absolute atomic E-state index is 13.6. The van der Waals surface area contributed by atoms with Crippen molar-refractivity contribution in [3.63, 3.8) is 0 Å². The molecule has 0 saturated carbocycles. The highest BCUT2D eigenvalue weighted by Crippen LogP contribution is 2.32. The second-order valence-corrected chi connectivity index (χ2v) is 8.74. The first-order valence-electron chi connectivity index (χ1n) is 11.2. The predicted octanol–water partition coefficient (Wildman–Crippen LogP) is 2.91. The highest BCUT2D eigenvalue weighted by atomic mass is 32.1. The number of rotatable bonds is 7. The Labute approximate surface area is 206 Å². The number of thiazole rings is 1. The standard InChI is InChI=1S/C26H26N2O6S/c1-5-33-18-10-8-17(9-11-18)23-22(25(31)34-6-2)15(3)27-26-28(23)24(30)21(35-26)14-16-7-12-19(29)20(13-16)32-4/h7-14,23,29H,5-6H2,1-4H3/t23-/m0/s1. The van der Waals surface area contributed by atoms with E-state index >= 15 is 0 Å². The van der Waals surface area contributed by atoms with Gasteiger partial charge in [0.15, 0.2) is 16.3 Å². The number of methoxy groups -OCH3 is 1. The minimum atomic E-state index is -0.697. The smallest absolute Gasteiger partial charge is 0.338 e. The number of esters is 1. The Balaban J connectivity index is 1.90. The zero-order valence-corrected chi connectivity index (χ0v) is 20.7. The van der Waals surface area contributed by atoms with Crippen LogP contribution in [0.4, 0.5) is 0 Å². The molecule has 1 aliphatic rings. The molecule has 0 unspecified atom stereocenters. The lowest BCUT2D eigenvalue weighted by Crippen LogP contribution is -2.39. The summed E-state index contributed by atoms with van der Waals surface area (Å²) in [6.45, 7) is 6.12. The van der Waals surface area contributed by atoms with Crippen LogP contribution in [0.3, 0.4) is 0 Å². The molecular formula is C26H26N2O6S. The lowest BCUT2D eigenvalue weighted by molar-refractivity contribution is -0.139. The van der Waals surface area contributed by atoms with Gasteiger partial charge in [0.1, 0.15) is 5.75 Å². The van der Waals surface area contributed by atoms with Crippen molar-refractivity contribution >= 4 is 23.4 Å². The molecule has 0 radical (unpaired) electrons. The number of fused-ring (bicyclic) bond motifs is 1. The van der Waals surface area contributed by atoms with Crippen LogP contribution in [0.2, 0.25) is 0 Å². The van der Waals surface area contributed by atoms with E-state index in [2.05, 4.69) is 4.99 Å². The fourth-order valence-corrected chi connectivity index (χ4v) is 5.00. The van der Waals surface area contributed by atoms with E-state index in [9.17, 15) is 14.7 Å². The largest absolute Gasteiger partial charge is 0.504 e. The topological polar surface area (TPSA) is 99.4 Å². The number of benzene rings is 2. The number of allylic oxidation sites excluding steroid dienone is 1. The highest BCUT2D eigenvalue weighted by molar-refractivity contribution is 7.07. The number of carbonyl (C=O) groups excluding carboxylic acids is 1. The van der Waals surface area contributed by atoms with Crippen molar-refractivity contribution in [2.75, 3.05) is 20.3 Å². The minimum Gasteiger partial charge on any atom is -0.504 e. The lowest BCUT2D eigenvalue weighted by atomic mass is 9.96. The Bertz CT molecular complexity index is 1470. The van der Waals surface area contributed by atoms with Crippen LogP contribution >= 0.6 is 11.3 Å². The third kappa shape index (κ3) is 4.72. The molecular weight excluding hydrogens is 468 g/mol. The fourth-order valence-electron chi connectivity index (χ4n) is 3.96. The van der Waals surface area contributed by atoms with Crippen LogP contribution in [-0.4, -0.2) is 36.0 Å². The molecule has 182 valence electrons. The number of carbonyl (C=O) groups is 1. The molecule has 0 bridgehead atoms. The van der Waals surface area contributed by atoms with E-state index in [1.165, 1.54) is 29.1 Å². The third-order valence-corrected chi connectivity index (χ3v) is 6.51. The normalized spacial score (nSPS) is 15.4. The van der Waals surface area contributed by atoms with Crippen molar-refractivity contribution < 1.29 is 24.1 Å². The Kier molecular flexibility index (Phi) is 7.07. The van der Waals surface area contributed by atoms with E-state index in [0.29, 0.717) is 44.3 Å². The minimum absolute atomic E-state index is 0.0105. The van der Waals surface area contributed by atoms with Crippen LogP contribution in [-0.2, 0) is 9.53 Å². The van der Waals surface area contributed by atoms with Gasteiger partial charge < -0.3 is 19.3 Å². The van der Waals surface area contributed by atoms with Gasteiger partial charge in [0, 0.05) is 0 Å². The summed E-state index contributed by atoms with van der Waals surface area (Å²) in [4.78, 5) is 31.6. The number of ether oxygens (including phenoxy) is 3. The molecule has 2 heterocycles. The number of hydrogen-bond donors (Lipinski definition) is 1. The van der Waals surface area contributed by atoms with E-state index in [-0.39, 0.29) is 17.9 Å². The van der Waals surface area contributed by atoms with Crippen LogP contribution in [0.1, 0.15) is 37.9 Å². The zero-order valence-electron chi connectivity index (χ0n) is 19.9. The average Bonchev–Trinajstić information content (AvgIpc) is 3.14. The van der Waals surface area contributed by atoms with Crippen LogP contribution in [0, 0.1) is 0 Å². The molecule has 0 fully saturated rings. The molecule has 9 heteroatoms. The van der Waals surface area contributed by atoms with Gasteiger partial charge in [0.05, 0.1) is 42.2 Å². The van der Waals surface area contributed by atoms with Gasteiger partial charge in [-0.1, -0.05) is 29.5 Å². The average molecular weight is 495 g/mol. The summed E-state index contributed by atoms with van der Waals surface area (Å²) in [5, 5.41) is 9.88. The molecule has 2 aromatic carbocycles. The molecule has 4 rings (SSSR count). The molecule has 0 amide bonds. The lowest BCUT2D eigenvalue weighted by Gasteiger charge is -2.24. The van der Waals surface area contributed by atoms with Crippen molar-refractivity contribution in [2.24, 2.45) is 4.99 Å². The van der Waals surface area contributed by atoms with Crippen molar-refractivity contribution in [1.29, 1.82) is 0 Å². The van der Waals surface area contributed by atoms with Crippen molar-refractivity contribution in [1.82, 2.24) is 4.57 Å². The van der Waals surface area contributed by atoms with Gasteiger partial charge in [-0.15, -0.1) is 0 Å². The van der Waals surface area contributed by atoms with E-state index < -0.39 is 12.0 Å². The van der Waals surface area contributed by atoms with Gasteiger partial charge in [0.2, 0.25) is 0 Å². The molecule has 1 aromatic heterocycles. The molecule has 0 saturated heterocycles. The van der Waals surface area contributed by atoms with Gasteiger partial charge in [-0.2, -0.15) is 0 Å². The molecule has 0 aliphatic carbocycles. The summed E-state index contributed by atoms with van der Waals surface area (Å²) in [7, 11) is 1.46. The summed E-state index contributed by atoms with van der Waals surface area (Å²) < 4.78 is 18.0. The van der Waals surface area contributed by atoms with Gasteiger partial charge >= 0.3 is 5.97 Å². The quantitative estimate of drug-likeness (QED) is 0.507. The number of phenols is 1.